The summed E-state index contributed by atoms with van der Waals surface area (Å²) in [6.07, 6.45) is 11.9. The molecule has 0 saturated heterocycles. The number of hydrogen-bond acceptors (Lipinski definition) is 0. The number of hydrogen-bond donors (Lipinski definition) is 0. The molecule has 2 atom stereocenters. The Labute approximate surface area is 91.3 Å². The number of rotatable bonds is 1. The van der Waals surface area contributed by atoms with Crippen LogP contribution in [0.25, 0.3) is 0 Å². The molecular formula is C13H27B. The van der Waals surface area contributed by atoms with Gasteiger partial charge in [-0.1, -0.05) is 71.0 Å². The van der Waals surface area contributed by atoms with Crippen LogP contribution in [-0.2, 0) is 0 Å². The van der Waals surface area contributed by atoms with Crippen molar-refractivity contribution in [3.8, 4) is 0 Å². The van der Waals surface area contributed by atoms with Gasteiger partial charge in [0, 0.05) is 0 Å². The van der Waals surface area contributed by atoms with Gasteiger partial charge in [-0.25, -0.2) is 0 Å². The van der Waals surface area contributed by atoms with E-state index in [9.17, 15) is 0 Å². The summed E-state index contributed by atoms with van der Waals surface area (Å²) in [5, 5.41) is 0. The maximum absolute atomic E-state index is 2.46. The second-order valence-corrected chi connectivity index (χ2v) is 5.69. The second-order valence-electron chi connectivity index (χ2n) is 5.69. The second kappa shape index (κ2) is 6.53. The molecule has 0 aromatic carbocycles. The Morgan fingerprint density at radius 2 is 1.50 bits per heavy atom. The zero-order valence-electron chi connectivity index (χ0n) is 10.4. The molecule has 1 aliphatic carbocycles. The van der Waals surface area contributed by atoms with Crippen molar-refractivity contribution >= 4 is 7.85 Å². The predicted octanol–water partition coefficient (Wildman–Crippen LogP) is 3.81. The highest BCUT2D eigenvalue weighted by Crippen LogP contribution is 2.31. The van der Waals surface area contributed by atoms with Gasteiger partial charge in [0.25, 0.3) is 0 Å². The summed E-state index contributed by atoms with van der Waals surface area (Å²) in [7, 11) is 2.46. The van der Waals surface area contributed by atoms with Gasteiger partial charge in [0.2, 0.25) is 0 Å². The average Bonchev–Trinajstić information content (AvgIpc) is 2.15. The van der Waals surface area contributed by atoms with Crippen molar-refractivity contribution in [1.29, 1.82) is 0 Å². The lowest BCUT2D eigenvalue weighted by Crippen LogP contribution is -2.13. The molecule has 0 nitrogen and oxygen atoms in total. The summed E-state index contributed by atoms with van der Waals surface area (Å²) < 4.78 is 0. The molecule has 0 bridgehead atoms. The van der Waals surface area contributed by atoms with Crippen molar-refractivity contribution < 1.29 is 0 Å². The van der Waals surface area contributed by atoms with Crippen LogP contribution in [0.1, 0.15) is 65.2 Å². The van der Waals surface area contributed by atoms with Crippen molar-refractivity contribution in [2.45, 2.75) is 71.0 Å². The summed E-state index contributed by atoms with van der Waals surface area (Å²) in [4.78, 5) is 0. The first-order valence-electron chi connectivity index (χ1n) is 6.70. The highest BCUT2D eigenvalue weighted by atomic mass is 14.2. The SMILES string of the molecule is BC1CCCCCCCC(C(C)C)C1. The minimum Gasteiger partial charge on any atom is -0.0694 e. The Morgan fingerprint density at radius 3 is 2.14 bits per heavy atom. The molecule has 2 unspecified atom stereocenters. The van der Waals surface area contributed by atoms with Crippen LogP contribution < -0.4 is 0 Å². The molecule has 1 aliphatic rings. The Balaban J connectivity index is 2.39. The van der Waals surface area contributed by atoms with Crippen LogP contribution in [0.2, 0.25) is 5.82 Å². The van der Waals surface area contributed by atoms with Crippen LogP contribution in [0.5, 0.6) is 0 Å². The smallest absolute Gasteiger partial charge is 0.0694 e. The van der Waals surface area contributed by atoms with Gasteiger partial charge in [-0.05, 0) is 11.8 Å². The minimum absolute atomic E-state index is 0.900. The van der Waals surface area contributed by atoms with Crippen molar-refractivity contribution in [1.82, 2.24) is 0 Å². The molecule has 14 heavy (non-hydrogen) atoms. The first-order valence-corrected chi connectivity index (χ1v) is 6.70. The van der Waals surface area contributed by atoms with Gasteiger partial charge in [-0.2, -0.15) is 0 Å². The minimum atomic E-state index is 0.900. The molecule has 0 heterocycles. The lowest BCUT2D eigenvalue weighted by Gasteiger charge is -2.25. The monoisotopic (exact) mass is 194 g/mol. The molecule has 0 N–H and O–H groups in total. The third kappa shape index (κ3) is 4.53. The Hall–Kier alpha value is 0.0649. The highest BCUT2D eigenvalue weighted by molar-refractivity contribution is 6.11. The van der Waals surface area contributed by atoms with Crippen LogP contribution in [0, 0.1) is 11.8 Å². The van der Waals surface area contributed by atoms with E-state index in [1.807, 2.05) is 0 Å². The maximum atomic E-state index is 2.46. The Kier molecular flexibility index (Phi) is 5.66. The lowest BCUT2D eigenvalue weighted by molar-refractivity contribution is 0.306. The third-order valence-corrected chi connectivity index (χ3v) is 3.92. The zero-order valence-corrected chi connectivity index (χ0v) is 10.4. The predicted molar refractivity (Wildman–Crippen MR) is 67.6 cm³/mol. The van der Waals surface area contributed by atoms with Crippen LogP contribution >= 0.6 is 0 Å². The molecular weight excluding hydrogens is 167 g/mol. The molecule has 1 rings (SSSR count). The van der Waals surface area contributed by atoms with Gasteiger partial charge < -0.3 is 0 Å². The van der Waals surface area contributed by atoms with E-state index in [0.717, 1.165) is 17.7 Å². The van der Waals surface area contributed by atoms with E-state index in [-0.39, 0.29) is 0 Å². The molecule has 1 fully saturated rings. The van der Waals surface area contributed by atoms with Crippen molar-refractivity contribution in [3.63, 3.8) is 0 Å². The largest absolute Gasteiger partial charge is 0.105 e. The summed E-state index contributed by atoms with van der Waals surface area (Å²) in [5.74, 6) is 2.88. The van der Waals surface area contributed by atoms with E-state index < -0.39 is 0 Å². The van der Waals surface area contributed by atoms with Crippen molar-refractivity contribution in [2.75, 3.05) is 0 Å². The Bertz CT molecular complexity index is 142. The van der Waals surface area contributed by atoms with Crippen LogP contribution in [0.3, 0.4) is 0 Å². The molecule has 0 aliphatic heterocycles. The fourth-order valence-electron chi connectivity index (χ4n) is 2.79. The summed E-state index contributed by atoms with van der Waals surface area (Å²) in [5.41, 5.74) is 0. The Morgan fingerprint density at radius 1 is 0.929 bits per heavy atom. The average molecular weight is 194 g/mol. The fourth-order valence-corrected chi connectivity index (χ4v) is 2.79. The molecule has 82 valence electrons. The lowest BCUT2D eigenvalue weighted by atomic mass is 9.72. The van der Waals surface area contributed by atoms with E-state index in [0.29, 0.717) is 0 Å². The zero-order chi connectivity index (χ0) is 10.4. The highest BCUT2D eigenvalue weighted by Gasteiger charge is 2.17. The molecule has 1 saturated carbocycles. The van der Waals surface area contributed by atoms with Crippen molar-refractivity contribution in [3.05, 3.63) is 0 Å². The molecule has 0 aromatic heterocycles. The first-order chi connectivity index (χ1) is 6.70. The first kappa shape index (κ1) is 12.1. The van der Waals surface area contributed by atoms with E-state index >= 15 is 0 Å². The van der Waals surface area contributed by atoms with Crippen molar-refractivity contribution in [2.24, 2.45) is 11.8 Å². The normalized spacial score (nSPS) is 31.6. The van der Waals surface area contributed by atoms with Crippen LogP contribution in [-0.4, -0.2) is 7.85 Å². The van der Waals surface area contributed by atoms with E-state index in [2.05, 4.69) is 21.7 Å². The molecule has 0 radical (unpaired) electrons. The van der Waals surface area contributed by atoms with E-state index in [1.54, 1.807) is 0 Å². The van der Waals surface area contributed by atoms with Crippen LogP contribution in [0.4, 0.5) is 0 Å². The van der Waals surface area contributed by atoms with Gasteiger partial charge in [0.15, 0.2) is 0 Å². The maximum Gasteiger partial charge on any atom is 0.105 e. The summed E-state index contributed by atoms with van der Waals surface area (Å²) in [6, 6.07) is 0. The van der Waals surface area contributed by atoms with Gasteiger partial charge in [-0.15, -0.1) is 0 Å². The van der Waals surface area contributed by atoms with E-state index in [1.165, 1.54) is 51.4 Å². The van der Waals surface area contributed by atoms with Gasteiger partial charge in [-0.3, -0.25) is 0 Å². The molecule has 0 spiro atoms. The molecule has 0 amide bonds. The quantitative estimate of drug-likeness (QED) is 0.557. The molecule has 0 aromatic rings. The van der Waals surface area contributed by atoms with Gasteiger partial charge in [0.1, 0.15) is 7.85 Å². The standard InChI is InChI=1S/C13H27B/c1-11(2)12-8-6-4-3-5-7-9-13(14)10-12/h11-13H,3-10,14H2,1-2H3. The van der Waals surface area contributed by atoms with Crippen LogP contribution in [0.15, 0.2) is 0 Å². The third-order valence-electron chi connectivity index (χ3n) is 3.92. The topological polar surface area (TPSA) is 0 Å². The summed E-state index contributed by atoms with van der Waals surface area (Å²) >= 11 is 0. The van der Waals surface area contributed by atoms with E-state index in [4.69, 9.17) is 0 Å². The fraction of sp³-hybridized carbons (Fsp3) is 1.00. The van der Waals surface area contributed by atoms with Gasteiger partial charge in [0.05, 0.1) is 0 Å². The van der Waals surface area contributed by atoms with Gasteiger partial charge >= 0.3 is 0 Å². The summed E-state index contributed by atoms with van der Waals surface area (Å²) in [6.45, 7) is 4.81. The molecule has 1 heteroatoms.